The second kappa shape index (κ2) is 4.11. The van der Waals surface area contributed by atoms with Crippen LogP contribution in [0.1, 0.15) is 24.2 Å². The van der Waals surface area contributed by atoms with Crippen molar-refractivity contribution in [3.63, 3.8) is 0 Å². The van der Waals surface area contributed by atoms with Crippen molar-refractivity contribution in [2.24, 2.45) is 0 Å². The Bertz CT molecular complexity index is 308. The third kappa shape index (κ3) is 2.23. The molecule has 0 saturated carbocycles. The molecule has 0 heterocycles. The maximum atomic E-state index is 9.48. The van der Waals surface area contributed by atoms with Crippen LogP contribution in [0.5, 0.6) is 5.75 Å². The number of rotatable bonds is 2. The van der Waals surface area contributed by atoms with Crippen LogP contribution in [0.3, 0.4) is 0 Å². The Morgan fingerprint density at radius 2 is 2.08 bits per heavy atom. The zero-order chi connectivity index (χ0) is 10.0. The Labute approximate surface area is 86.7 Å². The largest absolute Gasteiger partial charge is 0.495 e. The number of halogens is 1. The summed E-state index contributed by atoms with van der Waals surface area (Å²) in [5, 5.41) is 9.48. The molecule has 0 fully saturated rings. The molecule has 0 aromatic heterocycles. The first kappa shape index (κ1) is 10.5. The number of hydrogen-bond acceptors (Lipinski definition) is 2. The molecule has 3 heteroatoms. The number of ether oxygens (including phenoxy) is 1. The van der Waals surface area contributed by atoms with Gasteiger partial charge in [-0.2, -0.15) is 0 Å². The van der Waals surface area contributed by atoms with E-state index < -0.39 is 6.10 Å². The standard InChI is InChI=1S/C10H13BrO2/c1-6-4-8(7(2)12)10(13-3)9(11)5-6/h4-5,7,12H,1-3H3. The van der Waals surface area contributed by atoms with Crippen LogP contribution in [0.25, 0.3) is 0 Å². The van der Waals surface area contributed by atoms with E-state index in [1.54, 1.807) is 14.0 Å². The van der Waals surface area contributed by atoms with Crippen LogP contribution in [-0.2, 0) is 0 Å². The molecule has 1 rings (SSSR count). The lowest BCUT2D eigenvalue weighted by Crippen LogP contribution is -1.98. The van der Waals surface area contributed by atoms with Gasteiger partial charge in [0.2, 0.25) is 0 Å². The molecule has 0 saturated heterocycles. The highest BCUT2D eigenvalue weighted by molar-refractivity contribution is 9.10. The molecule has 0 amide bonds. The quantitative estimate of drug-likeness (QED) is 0.868. The first-order valence-corrected chi connectivity index (χ1v) is 4.87. The van der Waals surface area contributed by atoms with Crippen LogP contribution in [-0.4, -0.2) is 12.2 Å². The lowest BCUT2D eigenvalue weighted by Gasteiger charge is -2.13. The summed E-state index contributed by atoms with van der Waals surface area (Å²) >= 11 is 3.39. The second-order valence-electron chi connectivity index (χ2n) is 3.05. The van der Waals surface area contributed by atoms with E-state index in [0.717, 1.165) is 15.6 Å². The topological polar surface area (TPSA) is 29.5 Å². The van der Waals surface area contributed by atoms with Crippen molar-refractivity contribution in [3.8, 4) is 5.75 Å². The van der Waals surface area contributed by atoms with Crippen LogP contribution in [0.4, 0.5) is 0 Å². The minimum absolute atomic E-state index is 0.508. The molecular weight excluding hydrogens is 232 g/mol. The van der Waals surface area contributed by atoms with Gasteiger partial charge in [0.05, 0.1) is 17.7 Å². The average Bonchev–Trinajstić information content (AvgIpc) is 2.02. The molecule has 0 aliphatic heterocycles. The fraction of sp³-hybridized carbons (Fsp3) is 0.400. The van der Waals surface area contributed by atoms with E-state index in [2.05, 4.69) is 15.9 Å². The number of aryl methyl sites for hydroxylation is 1. The molecule has 1 aromatic rings. The number of hydrogen-bond donors (Lipinski definition) is 1. The van der Waals surface area contributed by atoms with E-state index in [1.807, 2.05) is 19.1 Å². The van der Waals surface area contributed by atoms with Crippen LogP contribution in [0.15, 0.2) is 16.6 Å². The molecule has 72 valence electrons. The summed E-state index contributed by atoms with van der Waals surface area (Å²) in [5.41, 5.74) is 1.91. The summed E-state index contributed by atoms with van der Waals surface area (Å²) in [6, 6.07) is 3.89. The molecule has 0 aliphatic carbocycles. The van der Waals surface area contributed by atoms with Crippen molar-refractivity contribution in [2.45, 2.75) is 20.0 Å². The molecule has 0 spiro atoms. The van der Waals surface area contributed by atoms with Crippen molar-refractivity contribution >= 4 is 15.9 Å². The van der Waals surface area contributed by atoms with Crippen LogP contribution >= 0.6 is 15.9 Å². The molecule has 1 unspecified atom stereocenters. The summed E-state index contributed by atoms with van der Waals surface area (Å²) < 4.78 is 6.07. The summed E-state index contributed by atoms with van der Waals surface area (Å²) in [4.78, 5) is 0. The number of aliphatic hydroxyl groups excluding tert-OH is 1. The third-order valence-electron chi connectivity index (χ3n) is 1.87. The highest BCUT2D eigenvalue weighted by Crippen LogP contribution is 2.33. The van der Waals surface area contributed by atoms with E-state index in [9.17, 15) is 5.11 Å². The van der Waals surface area contributed by atoms with Crippen molar-refractivity contribution in [1.82, 2.24) is 0 Å². The van der Waals surface area contributed by atoms with E-state index in [1.165, 1.54) is 0 Å². The molecule has 1 aromatic carbocycles. The van der Waals surface area contributed by atoms with Crippen molar-refractivity contribution in [2.75, 3.05) is 7.11 Å². The highest BCUT2D eigenvalue weighted by atomic mass is 79.9. The second-order valence-corrected chi connectivity index (χ2v) is 3.90. The molecule has 0 bridgehead atoms. The number of benzene rings is 1. The molecule has 2 nitrogen and oxygen atoms in total. The van der Waals surface area contributed by atoms with Gasteiger partial charge in [-0.3, -0.25) is 0 Å². The SMILES string of the molecule is COc1c(Br)cc(C)cc1C(C)O. The van der Waals surface area contributed by atoms with Gasteiger partial charge in [0.25, 0.3) is 0 Å². The van der Waals surface area contributed by atoms with Gasteiger partial charge in [0.1, 0.15) is 5.75 Å². The van der Waals surface area contributed by atoms with Crippen molar-refractivity contribution < 1.29 is 9.84 Å². The maximum absolute atomic E-state index is 9.48. The molecule has 0 radical (unpaired) electrons. The molecule has 1 atom stereocenters. The smallest absolute Gasteiger partial charge is 0.138 e. The summed E-state index contributed by atoms with van der Waals surface area (Å²) in [6.45, 7) is 3.71. The zero-order valence-corrected chi connectivity index (χ0v) is 9.55. The molecule has 1 N–H and O–H groups in total. The Morgan fingerprint density at radius 1 is 1.46 bits per heavy atom. The van der Waals surface area contributed by atoms with Gasteiger partial charge in [-0.05, 0) is 47.5 Å². The fourth-order valence-electron chi connectivity index (χ4n) is 1.28. The normalized spacial score (nSPS) is 12.7. The maximum Gasteiger partial charge on any atom is 0.138 e. The Kier molecular flexibility index (Phi) is 3.33. The fourth-order valence-corrected chi connectivity index (χ4v) is 2.03. The Hall–Kier alpha value is -0.540. The van der Waals surface area contributed by atoms with Gasteiger partial charge in [0.15, 0.2) is 0 Å². The van der Waals surface area contributed by atoms with E-state index in [0.29, 0.717) is 5.75 Å². The van der Waals surface area contributed by atoms with E-state index in [-0.39, 0.29) is 0 Å². The van der Waals surface area contributed by atoms with Crippen LogP contribution < -0.4 is 4.74 Å². The molecular formula is C10H13BrO2. The van der Waals surface area contributed by atoms with Crippen molar-refractivity contribution in [1.29, 1.82) is 0 Å². The lowest BCUT2D eigenvalue weighted by molar-refractivity contribution is 0.194. The van der Waals surface area contributed by atoms with Crippen LogP contribution in [0.2, 0.25) is 0 Å². The highest BCUT2D eigenvalue weighted by Gasteiger charge is 2.12. The monoisotopic (exact) mass is 244 g/mol. The number of methoxy groups -OCH3 is 1. The van der Waals surface area contributed by atoms with Gasteiger partial charge in [-0.25, -0.2) is 0 Å². The van der Waals surface area contributed by atoms with E-state index in [4.69, 9.17) is 4.74 Å². The summed E-state index contributed by atoms with van der Waals surface area (Å²) in [6.07, 6.45) is -0.508. The van der Waals surface area contributed by atoms with Crippen LogP contribution in [0, 0.1) is 6.92 Å². The average molecular weight is 245 g/mol. The summed E-state index contributed by atoms with van der Waals surface area (Å²) in [5.74, 6) is 0.709. The van der Waals surface area contributed by atoms with Gasteiger partial charge in [-0.15, -0.1) is 0 Å². The first-order valence-electron chi connectivity index (χ1n) is 4.08. The van der Waals surface area contributed by atoms with Gasteiger partial charge in [-0.1, -0.05) is 0 Å². The predicted molar refractivity (Wildman–Crippen MR) is 56.1 cm³/mol. The predicted octanol–water partition coefficient (Wildman–Crippen LogP) is 2.82. The third-order valence-corrected chi connectivity index (χ3v) is 2.46. The molecule has 13 heavy (non-hydrogen) atoms. The number of aliphatic hydroxyl groups is 1. The Balaban J connectivity index is 3.29. The van der Waals surface area contributed by atoms with Gasteiger partial charge >= 0.3 is 0 Å². The van der Waals surface area contributed by atoms with Gasteiger partial charge < -0.3 is 9.84 Å². The minimum Gasteiger partial charge on any atom is -0.495 e. The minimum atomic E-state index is -0.508. The summed E-state index contributed by atoms with van der Waals surface area (Å²) in [7, 11) is 1.60. The zero-order valence-electron chi connectivity index (χ0n) is 7.97. The molecule has 0 aliphatic rings. The van der Waals surface area contributed by atoms with E-state index >= 15 is 0 Å². The van der Waals surface area contributed by atoms with Crippen molar-refractivity contribution in [3.05, 3.63) is 27.7 Å². The lowest BCUT2D eigenvalue weighted by atomic mass is 10.1. The van der Waals surface area contributed by atoms with Gasteiger partial charge in [0, 0.05) is 5.56 Å². The first-order chi connectivity index (χ1) is 6.06. The Morgan fingerprint density at radius 3 is 2.54 bits per heavy atom.